The SMILES string of the molecule is C1CC1.Cc1c(C(=O)NCc2cccc(F)c2)c2cccc(F)c2c(=O)n1-c1cccc(F)c1. The third kappa shape index (κ3) is 5.03. The second kappa shape index (κ2) is 9.95. The minimum absolute atomic E-state index is 0.0337. The van der Waals surface area contributed by atoms with Gasteiger partial charge in [0.1, 0.15) is 17.5 Å². The Balaban J connectivity index is 0.000000846. The van der Waals surface area contributed by atoms with E-state index < -0.39 is 28.9 Å². The van der Waals surface area contributed by atoms with Gasteiger partial charge in [-0.05, 0) is 48.9 Å². The van der Waals surface area contributed by atoms with Gasteiger partial charge in [0.15, 0.2) is 0 Å². The minimum atomic E-state index is -0.785. The smallest absolute Gasteiger partial charge is 0.266 e. The van der Waals surface area contributed by atoms with Crippen LogP contribution in [0.15, 0.2) is 71.5 Å². The van der Waals surface area contributed by atoms with Crippen LogP contribution in [0.1, 0.15) is 40.9 Å². The van der Waals surface area contributed by atoms with E-state index in [-0.39, 0.29) is 34.3 Å². The van der Waals surface area contributed by atoms with Crippen LogP contribution in [-0.4, -0.2) is 10.5 Å². The van der Waals surface area contributed by atoms with Crippen LogP contribution in [0.4, 0.5) is 13.2 Å². The normalized spacial score (nSPS) is 12.1. The van der Waals surface area contributed by atoms with Gasteiger partial charge < -0.3 is 5.32 Å². The summed E-state index contributed by atoms with van der Waals surface area (Å²) in [5, 5.41) is 2.56. The molecule has 1 aliphatic rings. The highest BCUT2D eigenvalue weighted by Crippen LogP contribution is 2.24. The predicted octanol–water partition coefficient (Wildman–Crippen LogP) is 5.82. The number of carbonyl (C=O) groups excluding carboxylic acids is 1. The number of nitrogens with one attached hydrogen (secondary N) is 1. The third-order valence-corrected chi connectivity index (χ3v) is 5.39. The Morgan fingerprint density at radius 2 is 1.56 bits per heavy atom. The predicted molar refractivity (Wildman–Crippen MR) is 126 cm³/mol. The van der Waals surface area contributed by atoms with E-state index in [1.807, 2.05) is 0 Å². The van der Waals surface area contributed by atoms with Crippen molar-refractivity contribution in [3.8, 4) is 5.69 Å². The molecule has 0 atom stereocenters. The van der Waals surface area contributed by atoms with Crippen LogP contribution in [0.3, 0.4) is 0 Å². The molecule has 7 heteroatoms. The molecule has 1 amide bonds. The van der Waals surface area contributed by atoms with E-state index in [1.165, 1.54) is 74.7 Å². The second-order valence-corrected chi connectivity index (χ2v) is 8.12. The monoisotopic (exact) mass is 464 g/mol. The number of pyridine rings is 1. The van der Waals surface area contributed by atoms with Gasteiger partial charge in [0.25, 0.3) is 11.5 Å². The molecule has 4 nitrogen and oxygen atoms in total. The molecule has 0 saturated heterocycles. The van der Waals surface area contributed by atoms with Crippen molar-refractivity contribution in [3.63, 3.8) is 0 Å². The van der Waals surface area contributed by atoms with E-state index in [2.05, 4.69) is 5.32 Å². The highest BCUT2D eigenvalue weighted by molar-refractivity contribution is 6.08. The van der Waals surface area contributed by atoms with Gasteiger partial charge in [-0.3, -0.25) is 14.2 Å². The first-order valence-electron chi connectivity index (χ1n) is 11.0. The van der Waals surface area contributed by atoms with Gasteiger partial charge in [0.05, 0.1) is 16.6 Å². The molecule has 5 rings (SSSR count). The van der Waals surface area contributed by atoms with Crippen molar-refractivity contribution in [1.29, 1.82) is 0 Å². The maximum atomic E-state index is 14.6. The molecule has 0 spiro atoms. The number of rotatable bonds is 4. The van der Waals surface area contributed by atoms with Crippen LogP contribution in [0.25, 0.3) is 16.5 Å². The fraction of sp³-hybridized carbons (Fsp3) is 0.185. The molecule has 1 N–H and O–H groups in total. The molecule has 1 fully saturated rings. The van der Waals surface area contributed by atoms with Crippen LogP contribution in [0.5, 0.6) is 0 Å². The number of hydrogen-bond donors (Lipinski definition) is 1. The number of fused-ring (bicyclic) bond motifs is 1. The topological polar surface area (TPSA) is 51.1 Å². The highest BCUT2D eigenvalue weighted by Gasteiger charge is 2.22. The highest BCUT2D eigenvalue weighted by atomic mass is 19.1. The number of carbonyl (C=O) groups is 1. The maximum absolute atomic E-state index is 14.6. The standard InChI is InChI=1S/C24H17F3N2O2.C3H6/c1-14-21(23(30)28-13-15-5-2-6-16(25)11-15)19-9-4-10-20(27)22(19)24(31)29(14)18-8-3-7-17(26)12-18;1-2-3-1/h2-12H,13H2,1H3,(H,28,30);1-3H2. The summed E-state index contributed by atoms with van der Waals surface area (Å²) >= 11 is 0. The van der Waals surface area contributed by atoms with E-state index in [9.17, 15) is 22.8 Å². The lowest BCUT2D eigenvalue weighted by Crippen LogP contribution is -2.30. The van der Waals surface area contributed by atoms with Gasteiger partial charge >= 0.3 is 0 Å². The van der Waals surface area contributed by atoms with Crippen molar-refractivity contribution in [3.05, 3.63) is 111 Å². The zero-order valence-corrected chi connectivity index (χ0v) is 18.6. The van der Waals surface area contributed by atoms with Crippen LogP contribution in [0.2, 0.25) is 0 Å². The molecule has 1 heterocycles. The molecule has 1 aromatic heterocycles. The first kappa shape index (κ1) is 23.3. The van der Waals surface area contributed by atoms with Crippen molar-refractivity contribution in [1.82, 2.24) is 9.88 Å². The summed E-state index contributed by atoms with van der Waals surface area (Å²) in [4.78, 5) is 26.2. The molecule has 4 aromatic rings. The van der Waals surface area contributed by atoms with Crippen LogP contribution < -0.4 is 10.9 Å². The van der Waals surface area contributed by atoms with Gasteiger partial charge in [-0.2, -0.15) is 0 Å². The Kier molecular flexibility index (Phi) is 6.82. The fourth-order valence-electron chi connectivity index (χ4n) is 3.65. The Bertz CT molecular complexity index is 1420. The number of aromatic nitrogens is 1. The number of amides is 1. The summed E-state index contributed by atoms with van der Waals surface area (Å²) in [6.45, 7) is 1.57. The molecule has 34 heavy (non-hydrogen) atoms. The Morgan fingerprint density at radius 1 is 0.912 bits per heavy atom. The Labute approximate surface area is 194 Å². The average Bonchev–Trinajstić information content (AvgIpc) is 3.67. The molecule has 1 aliphatic carbocycles. The van der Waals surface area contributed by atoms with E-state index in [0.717, 1.165) is 16.7 Å². The van der Waals surface area contributed by atoms with Gasteiger partial charge in [-0.15, -0.1) is 0 Å². The van der Waals surface area contributed by atoms with E-state index in [4.69, 9.17) is 0 Å². The van der Waals surface area contributed by atoms with Crippen LogP contribution >= 0.6 is 0 Å². The van der Waals surface area contributed by atoms with Crippen molar-refractivity contribution in [2.75, 3.05) is 0 Å². The summed E-state index contributed by atoms with van der Waals surface area (Å²) < 4.78 is 43.0. The second-order valence-electron chi connectivity index (χ2n) is 8.12. The molecule has 0 unspecified atom stereocenters. The number of nitrogens with zero attached hydrogens (tertiary/aromatic N) is 1. The average molecular weight is 464 g/mol. The molecular weight excluding hydrogens is 441 g/mol. The number of hydrogen-bond acceptors (Lipinski definition) is 2. The largest absolute Gasteiger partial charge is 0.348 e. The maximum Gasteiger partial charge on any atom is 0.266 e. The summed E-state index contributed by atoms with van der Waals surface area (Å²) in [5.41, 5.74) is 0.324. The molecule has 174 valence electrons. The van der Waals surface area contributed by atoms with Crippen molar-refractivity contribution < 1.29 is 18.0 Å². The van der Waals surface area contributed by atoms with Gasteiger partial charge in [0, 0.05) is 17.6 Å². The zero-order chi connectivity index (χ0) is 24.2. The van der Waals surface area contributed by atoms with E-state index in [1.54, 1.807) is 6.07 Å². The molecule has 0 bridgehead atoms. The lowest BCUT2D eigenvalue weighted by molar-refractivity contribution is 0.0951. The third-order valence-electron chi connectivity index (χ3n) is 5.39. The Morgan fingerprint density at radius 3 is 2.21 bits per heavy atom. The van der Waals surface area contributed by atoms with Gasteiger partial charge in [0.2, 0.25) is 0 Å². The number of halogens is 3. The van der Waals surface area contributed by atoms with Gasteiger partial charge in [-0.1, -0.05) is 49.6 Å². The first-order valence-corrected chi connectivity index (χ1v) is 11.0. The van der Waals surface area contributed by atoms with Crippen molar-refractivity contribution in [2.24, 2.45) is 0 Å². The molecule has 3 aromatic carbocycles. The Hall–Kier alpha value is -3.87. The quantitative estimate of drug-likeness (QED) is 0.414. The molecule has 1 saturated carbocycles. The first-order chi connectivity index (χ1) is 16.4. The molecule has 0 radical (unpaired) electrons. The van der Waals surface area contributed by atoms with Crippen LogP contribution in [0, 0.1) is 24.4 Å². The lowest BCUT2D eigenvalue weighted by atomic mass is 10.0. The summed E-state index contributed by atoms with van der Waals surface area (Å²) in [7, 11) is 0. The minimum Gasteiger partial charge on any atom is -0.348 e. The van der Waals surface area contributed by atoms with Crippen molar-refractivity contribution >= 4 is 16.7 Å². The summed E-state index contributed by atoms with van der Waals surface area (Å²) in [6.07, 6.45) is 4.50. The van der Waals surface area contributed by atoms with E-state index in [0.29, 0.717) is 5.56 Å². The molecular formula is C27H23F3N2O2. The fourth-order valence-corrected chi connectivity index (χ4v) is 3.65. The zero-order valence-electron chi connectivity index (χ0n) is 18.6. The molecule has 0 aliphatic heterocycles. The van der Waals surface area contributed by atoms with Crippen LogP contribution in [-0.2, 0) is 6.54 Å². The van der Waals surface area contributed by atoms with Crippen molar-refractivity contribution in [2.45, 2.75) is 32.7 Å². The van der Waals surface area contributed by atoms with E-state index >= 15 is 0 Å². The number of benzene rings is 3. The summed E-state index contributed by atoms with van der Waals surface area (Å²) in [5.74, 6) is -2.36. The summed E-state index contributed by atoms with van der Waals surface area (Å²) in [6, 6.07) is 15.1. The lowest BCUT2D eigenvalue weighted by Gasteiger charge is -2.17. The van der Waals surface area contributed by atoms with Gasteiger partial charge in [-0.25, -0.2) is 13.2 Å².